The van der Waals surface area contributed by atoms with Crippen LogP contribution in [0.15, 0.2) is 36.5 Å². The van der Waals surface area contributed by atoms with Crippen molar-refractivity contribution in [2.75, 3.05) is 5.73 Å². The smallest absolute Gasteiger partial charge is 0.0933 e. The summed E-state index contributed by atoms with van der Waals surface area (Å²) < 4.78 is 0. The van der Waals surface area contributed by atoms with Crippen LogP contribution in [-0.4, -0.2) is 4.98 Å². The minimum atomic E-state index is 0.751. The number of nitrogens with zero attached hydrogens (tertiary/aromatic N) is 1. The van der Waals surface area contributed by atoms with E-state index in [-0.39, 0.29) is 0 Å². The molecule has 2 nitrogen and oxygen atoms in total. The van der Waals surface area contributed by atoms with Crippen LogP contribution in [0.4, 0.5) is 5.69 Å². The third kappa shape index (κ3) is 2.55. The van der Waals surface area contributed by atoms with Crippen LogP contribution in [0, 0.1) is 6.92 Å². The first kappa shape index (κ1) is 13.2. The Balaban J connectivity index is 1.87. The number of aryl methyl sites for hydroxylation is 1. The van der Waals surface area contributed by atoms with E-state index in [1.807, 2.05) is 19.2 Å². The van der Waals surface area contributed by atoms with Crippen molar-refractivity contribution in [2.45, 2.75) is 44.9 Å². The molecule has 20 heavy (non-hydrogen) atoms. The van der Waals surface area contributed by atoms with Crippen LogP contribution in [0.2, 0.25) is 0 Å². The summed E-state index contributed by atoms with van der Waals surface area (Å²) in [6, 6.07) is 10.8. The summed E-state index contributed by atoms with van der Waals surface area (Å²) in [5, 5.41) is 0. The second-order valence-corrected chi connectivity index (χ2v) is 5.85. The molecule has 1 fully saturated rings. The zero-order valence-electron chi connectivity index (χ0n) is 12.1. The van der Waals surface area contributed by atoms with Gasteiger partial charge in [0.25, 0.3) is 0 Å². The molecule has 1 aromatic carbocycles. The summed E-state index contributed by atoms with van der Waals surface area (Å²) in [6.45, 7) is 2.02. The van der Waals surface area contributed by atoms with Crippen molar-refractivity contribution < 1.29 is 0 Å². The molecular weight excluding hydrogens is 244 g/mol. The third-order valence-corrected chi connectivity index (χ3v) is 4.47. The maximum absolute atomic E-state index is 6.13. The molecule has 0 saturated heterocycles. The first-order valence-electron chi connectivity index (χ1n) is 7.57. The number of hydrogen-bond donors (Lipinski definition) is 1. The maximum atomic E-state index is 6.13. The molecule has 1 aliphatic rings. The quantitative estimate of drug-likeness (QED) is 0.856. The van der Waals surface area contributed by atoms with E-state index >= 15 is 0 Å². The number of nitrogen functional groups attached to an aromatic ring is 1. The van der Waals surface area contributed by atoms with Crippen LogP contribution in [0.1, 0.15) is 49.1 Å². The number of benzene rings is 1. The van der Waals surface area contributed by atoms with Gasteiger partial charge in [0.15, 0.2) is 0 Å². The zero-order valence-corrected chi connectivity index (χ0v) is 12.1. The highest BCUT2D eigenvalue weighted by Gasteiger charge is 2.15. The Hall–Kier alpha value is -1.83. The number of pyridine rings is 1. The van der Waals surface area contributed by atoms with E-state index in [0.717, 1.165) is 28.4 Å². The Bertz CT molecular complexity index is 581. The van der Waals surface area contributed by atoms with E-state index in [1.165, 1.54) is 37.7 Å². The van der Waals surface area contributed by atoms with Crippen LogP contribution < -0.4 is 5.73 Å². The van der Waals surface area contributed by atoms with Gasteiger partial charge >= 0.3 is 0 Å². The van der Waals surface area contributed by atoms with Crippen LogP contribution >= 0.6 is 0 Å². The van der Waals surface area contributed by atoms with Gasteiger partial charge in [-0.1, -0.05) is 43.5 Å². The fraction of sp³-hybridized carbons (Fsp3) is 0.389. The minimum absolute atomic E-state index is 0.751. The van der Waals surface area contributed by atoms with E-state index in [0.29, 0.717) is 0 Å². The minimum Gasteiger partial charge on any atom is -0.397 e. The van der Waals surface area contributed by atoms with Gasteiger partial charge in [0, 0.05) is 11.8 Å². The van der Waals surface area contributed by atoms with Crippen LogP contribution in [0.25, 0.3) is 11.3 Å². The Morgan fingerprint density at radius 2 is 1.70 bits per heavy atom. The molecule has 0 spiro atoms. The lowest BCUT2D eigenvalue weighted by Gasteiger charge is -2.22. The molecule has 0 bridgehead atoms. The first-order valence-corrected chi connectivity index (χ1v) is 7.57. The predicted octanol–water partition coefficient (Wildman–Crippen LogP) is 4.69. The second-order valence-electron chi connectivity index (χ2n) is 5.85. The Morgan fingerprint density at radius 1 is 1.00 bits per heavy atom. The highest BCUT2D eigenvalue weighted by molar-refractivity contribution is 5.74. The predicted molar refractivity (Wildman–Crippen MR) is 84.6 cm³/mol. The van der Waals surface area contributed by atoms with E-state index in [2.05, 4.69) is 29.2 Å². The van der Waals surface area contributed by atoms with Crippen molar-refractivity contribution >= 4 is 5.69 Å². The topological polar surface area (TPSA) is 38.9 Å². The van der Waals surface area contributed by atoms with E-state index in [4.69, 9.17) is 5.73 Å². The molecule has 3 rings (SSSR count). The molecule has 1 saturated carbocycles. The number of aromatic nitrogens is 1. The van der Waals surface area contributed by atoms with Gasteiger partial charge in [-0.25, -0.2) is 0 Å². The summed E-state index contributed by atoms with van der Waals surface area (Å²) in [4.78, 5) is 4.43. The summed E-state index contributed by atoms with van der Waals surface area (Å²) in [6.07, 6.45) is 8.65. The molecule has 0 unspecified atom stereocenters. The molecule has 0 atom stereocenters. The average molecular weight is 266 g/mol. The fourth-order valence-corrected chi connectivity index (χ4v) is 3.15. The fourth-order valence-electron chi connectivity index (χ4n) is 3.15. The monoisotopic (exact) mass is 266 g/mol. The molecule has 0 aliphatic heterocycles. The maximum Gasteiger partial charge on any atom is 0.0933 e. The SMILES string of the molecule is Cc1ccnc(-c2ccc(C3CCCCC3)cc2)c1N. The molecule has 1 aromatic heterocycles. The van der Waals surface area contributed by atoms with Gasteiger partial charge in [0.1, 0.15) is 0 Å². The highest BCUT2D eigenvalue weighted by Crippen LogP contribution is 2.34. The Labute approximate surface area is 121 Å². The average Bonchev–Trinajstić information content (AvgIpc) is 2.51. The molecule has 1 heterocycles. The number of hydrogen-bond acceptors (Lipinski definition) is 2. The molecule has 0 radical (unpaired) electrons. The Kier molecular flexibility index (Phi) is 3.72. The number of nitrogens with two attached hydrogens (primary N) is 1. The number of anilines is 1. The van der Waals surface area contributed by atoms with E-state index < -0.39 is 0 Å². The molecular formula is C18H22N2. The summed E-state index contributed by atoms with van der Waals surface area (Å²) in [7, 11) is 0. The lowest BCUT2D eigenvalue weighted by Crippen LogP contribution is -2.04. The van der Waals surface area contributed by atoms with Crippen LogP contribution in [-0.2, 0) is 0 Å². The van der Waals surface area contributed by atoms with Crippen molar-refractivity contribution in [2.24, 2.45) is 0 Å². The van der Waals surface area contributed by atoms with Crippen molar-refractivity contribution in [1.82, 2.24) is 4.98 Å². The third-order valence-electron chi connectivity index (χ3n) is 4.47. The summed E-state index contributed by atoms with van der Waals surface area (Å²) >= 11 is 0. The normalized spacial score (nSPS) is 16.2. The molecule has 2 aromatic rings. The van der Waals surface area contributed by atoms with Crippen molar-refractivity contribution in [3.05, 3.63) is 47.7 Å². The lowest BCUT2D eigenvalue weighted by molar-refractivity contribution is 0.443. The van der Waals surface area contributed by atoms with Gasteiger partial charge in [0.2, 0.25) is 0 Å². The molecule has 2 N–H and O–H groups in total. The van der Waals surface area contributed by atoms with Gasteiger partial charge < -0.3 is 5.73 Å². The van der Waals surface area contributed by atoms with Gasteiger partial charge in [-0.15, -0.1) is 0 Å². The first-order chi connectivity index (χ1) is 9.75. The Morgan fingerprint density at radius 3 is 2.40 bits per heavy atom. The standard InChI is InChI=1S/C18H22N2/c1-13-11-12-20-18(17(13)19)16-9-7-15(8-10-16)14-5-3-2-4-6-14/h7-12,14H,2-6,19H2,1H3. The van der Waals surface area contributed by atoms with Gasteiger partial charge in [-0.05, 0) is 42.9 Å². The van der Waals surface area contributed by atoms with Gasteiger partial charge in [-0.2, -0.15) is 0 Å². The highest BCUT2D eigenvalue weighted by atomic mass is 14.7. The summed E-state index contributed by atoms with van der Waals surface area (Å²) in [5.74, 6) is 0.751. The molecule has 104 valence electrons. The van der Waals surface area contributed by atoms with Gasteiger partial charge in [-0.3, -0.25) is 4.98 Å². The van der Waals surface area contributed by atoms with Crippen molar-refractivity contribution in [3.63, 3.8) is 0 Å². The van der Waals surface area contributed by atoms with Crippen molar-refractivity contribution in [3.8, 4) is 11.3 Å². The molecule has 1 aliphatic carbocycles. The van der Waals surface area contributed by atoms with E-state index in [1.54, 1.807) is 0 Å². The van der Waals surface area contributed by atoms with Gasteiger partial charge in [0.05, 0.1) is 11.4 Å². The van der Waals surface area contributed by atoms with Crippen LogP contribution in [0.5, 0.6) is 0 Å². The lowest BCUT2D eigenvalue weighted by atomic mass is 9.84. The largest absolute Gasteiger partial charge is 0.397 e. The number of rotatable bonds is 2. The summed E-state index contributed by atoms with van der Waals surface area (Å²) in [5.41, 5.74) is 11.5. The zero-order chi connectivity index (χ0) is 13.9. The van der Waals surface area contributed by atoms with Crippen molar-refractivity contribution in [1.29, 1.82) is 0 Å². The van der Waals surface area contributed by atoms with E-state index in [9.17, 15) is 0 Å². The van der Waals surface area contributed by atoms with Crippen LogP contribution in [0.3, 0.4) is 0 Å². The second kappa shape index (κ2) is 5.66. The molecule has 2 heteroatoms. The molecule has 0 amide bonds.